The van der Waals surface area contributed by atoms with E-state index >= 15 is 0 Å². The number of hydrogen-bond donors (Lipinski definition) is 1. The van der Waals surface area contributed by atoms with Gasteiger partial charge in [-0.15, -0.1) is 12.4 Å². The Morgan fingerprint density at radius 2 is 2.00 bits per heavy atom. The summed E-state index contributed by atoms with van der Waals surface area (Å²) in [5.74, 6) is 0.283. The molecule has 0 bridgehead atoms. The SMILES string of the molecule is CN(CCS(C)(=O)=O)C(=O)C[C@@H]1CCC[C@H]1N.Cl. The van der Waals surface area contributed by atoms with Crippen LogP contribution < -0.4 is 5.73 Å². The van der Waals surface area contributed by atoms with Gasteiger partial charge in [0.2, 0.25) is 5.91 Å². The molecule has 0 unspecified atom stereocenters. The highest BCUT2D eigenvalue weighted by molar-refractivity contribution is 7.90. The molecule has 0 spiro atoms. The van der Waals surface area contributed by atoms with Gasteiger partial charge >= 0.3 is 0 Å². The number of carbonyl (C=O) groups is 1. The lowest BCUT2D eigenvalue weighted by atomic mass is 9.99. The number of carbonyl (C=O) groups excluding carboxylic acids is 1. The third-order valence-electron chi connectivity index (χ3n) is 3.38. The monoisotopic (exact) mass is 298 g/mol. The van der Waals surface area contributed by atoms with Crippen molar-refractivity contribution in [2.75, 3.05) is 25.6 Å². The summed E-state index contributed by atoms with van der Waals surface area (Å²) >= 11 is 0. The topological polar surface area (TPSA) is 80.5 Å². The Kier molecular flexibility index (Phi) is 7.17. The molecule has 0 aromatic carbocycles. The van der Waals surface area contributed by atoms with E-state index < -0.39 is 9.84 Å². The van der Waals surface area contributed by atoms with Gasteiger partial charge in [-0.05, 0) is 18.8 Å². The second kappa shape index (κ2) is 7.31. The second-order valence-corrected chi connectivity index (χ2v) is 7.26. The van der Waals surface area contributed by atoms with Crippen LogP contribution in [-0.4, -0.2) is 50.9 Å². The summed E-state index contributed by atoms with van der Waals surface area (Å²) in [5, 5.41) is 0. The summed E-state index contributed by atoms with van der Waals surface area (Å²) in [4.78, 5) is 13.3. The normalized spacial score (nSPS) is 23.5. The van der Waals surface area contributed by atoms with Gasteiger partial charge in [0, 0.05) is 32.3 Å². The van der Waals surface area contributed by atoms with E-state index in [9.17, 15) is 13.2 Å². The van der Waals surface area contributed by atoms with E-state index in [0.717, 1.165) is 19.3 Å². The zero-order valence-electron chi connectivity index (χ0n) is 11.0. The van der Waals surface area contributed by atoms with Crippen molar-refractivity contribution in [2.45, 2.75) is 31.7 Å². The predicted molar refractivity (Wildman–Crippen MR) is 74.5 cm³/mol. The first-order valence-corrected chi connectivity index (χ1v) is 8.03. The highest BCUT2D eigenvalue weighted by atomic mass is 35.5. The van der Waals surface area contributed by atoms with Crippen LogP contribution in [0.25, 0.3) is 0 Å². The Hall–Kier alpha value is -0.330. The molecule has 7 heteroatoms. The van der Waals surface area contributed by atoms with Crippen LogP contribution >= 0.6 is 12.4 Å². The number of rotatable bonds is 5. The van der Waals surface area contributed by atoms with Gasteiger partial charge in [-0.25, -0.2) is 8.42 Å². The van der Waals surface area contributed by atoms with Crippen LogP contribution in [0, 0.1) is 5.92 Å². The summed E-state index contributed by atoms with van der Waals surface area (Å²) in [6.07, 6.45) is 4.71. The van der Waals surface area contributed by atoms with Crippen LogP contribution in [0.15, 0.2) is 0 Å². The van der Waals surface area contributed by atoms with Crippen LogP contribution in [0.3, 0.4) is 0 Å². The van der Waals surface area contributed by atoms with Gasteiger partial charge in [0.05, 0.1) is 5.75 Å². The fraction of sp³-hybridized carbons (Fsp3) is 0.909. The highest BCUT2D eigenvalue weighted by Gasteiger charge is 2.27. The van der Waals surface area contributed by atoms with Crippen LogP contribution in [0.5, 0.6) is 0 Å². The molecule has 0 radical (unpaired) electrons. The van der Waals surface area contributed by atoms with Gasteiger partial charge < -0.3 is 10.6 Å². The fourth-order valence-electron chi connectivity index (χ4n) is 2.13. The van der Waals surface area contributed by atoms with Crippen molar-refractivity contribution in [3.05, 3.63) is 0 Å². The van der Waals surface area contributed by atoms with Crippen molar-refractivity contribution in [1.29, 1.82) is 0 Å². The third-order valence-corrected chi connectivity index (χ3v) is 4.30. The standard InChI is InChI=1S/C11H22N2O3S.ClH/c1-13(6-7-17(2,15)16)11(14)8-9-4-3-5-10(9)12;/h9-10H,3-8,12H2,1-2H3;1H/t9-,10+;/m0./s1. The van der Waals surface area contributed by atoms with Gasteiger partial charge in [-0.3, -0.25) is 4.79 Å². The zero-order chi connectivity index (χ0) is 13.1. The molecule has 1 amide bonds. The Labute approximate surface area is 115 Å². The zero-order valence-corrected chi connectivity index (χ0v) is 12.6. The maximum absolute atomic E-state index is 11.8. The number of amides is 1. The number of nitrogens with two attached hydrogens (primary N) is 1. The quantitative estimate of drug-likeness (QED) is 0.798. The van der Waals surface area contributed by atoms with Gasteiger partial charge in [-0.1, -0.05) is 6.42 Å². The molecule has 18 heavy (non-hydrogen) atoms. The lowest BCUT2D eigenvalue weighted by molar-refractivity contribution is -0.130. The van der Waals surface area contributed by atoms with Crippen molar-refractivity contribution in [1.82, 2.24) is 4.90 Å². The van der Waals surface area contributed by atoms with Crippen molar-refractivity contribution in [3.8, 4) is 0 Å². The molecule has 2 atom stereocenters. The molecule has 0 aliphatic heterocycles. The van der Waals surface area contributed by atoms with E-state index in [1.54, 1.807) is 7.05 Å². The van der Waals surface area contributed by atoms with E-state index in [-0.39, 0.29) is 42.6 Å². The average Bonchev–Trinajstić information content (AvgIpc) is 2.59. The summed E-state index contributed by atoms with van der Waals surface area (Å²) in [6.45, 7) is 0.264. The van der Waals surface area contributed by atoms with Gasteiger partial charge in [0.25, 0.3) is 0 Å². The number of nitrogens with zero attached hydrogens (tertiary/aromatic N) is 1. The molecule has 1 rings (SSSR count). The summed E-state index contributed by atoms with van der Waals surface area (Å²) in [7, 11) is -1.36. The molecule has 108 valence electrons. The summed E-state index contributed by atoms with van der Waals surface area (Å²) in [6, 6.07) is 0.127. The Bertz CT molecular complexity index is 372. The molecule has 1 aliphatic carbocycles. The van der Waals surface area contributed by atoms with Gasteiger partial charge in [-0.2, -0.15) is 0 Å². The second-order valence-electron chi connectivity index (χ2n) is 5.00. The maximum atomic E-state index is 11.8. The molecule has 1 aliphatic rings. The molecule has 1 saturated carbocycles. The molecule has 0 aromatic heterocycles. The van der Waals surface area contributed by atoms with Crippen LogP contribution in [-0.2, 0) is 14.6 Å². The lowest BCUT2D eigenvalue weighted by Crippen LogP contribution is -2.35. The Balaban J connectivity index is 0.00000289. The summed E-state index contributed by atoms with van der Waals surface area (Å²) in [5.41, 5.74) is 5.90. The van der Waals surface area contributed by atoms with Crippen molar-refractivity contribution >= 4 is 28.2 Å². The summed E-state index contributed by atoms with van der Waals surface area (Å²) < 4.78 is 22.0. The average molecular weight is 299 g/mol. The van der Waals surface area contributed by atoms with Gasteiger partial charge in [0.15, 0.2) is 0 Å². The van der Waals surface area contributed by atoms with Crippen molar-refractivity contribution in [3.63, 3.8) is 0 Å². The highest BCUT2D eigenvalue weighted by Crippen LogP contribution is 2.27. The first-order valence-electron chi connectivity index (χ1n) is 5.97. The number of sulfone groups is 1. The van der Waals surface area contributed by atoms with E-state index in [1.807, 2.05) is 0 Å². The Morgan fingerprint density at radius 1 is 1.39 bits per heavy atom. The predicted octanol–water partition coefficient (Wildman–Crippen LogP) is 0.429. The minimum absolute atomic E-state index is 0. The van der Waals surface area contributed by atoms with Crippen LogP contribution in [0.1, 0.15) is 25.7 Å². The first kappa shape index (κ1) is 17.7. The van der Waals surface area contributed by atoms with Crippen molar-refractivity contribution < 1.29 is 13.2 Å². The first-order chi connectivity index (χ1) is 7.79. The minimum Gasteiger partial charge on any atom is -0.345 e. The molecular formula is C11H23ClN2O3S. The third kappa shape index (κ3) is 6.02. The van der Waals surface area contributed by atoms with Crippen LogP contribution in [0.2, 0.25) is 0 Å². The number of hydrogen-bond acceptors (Lipinski definition) is 4. The smallest absolute Gasteiger partial charge is 0.222 e. The molecule has 1 fully saturated rings. The van der Waals surface area contributed by atoms with Gasteiger partial charge in [0.1, 0.15) is 9.84 Å². The molecule has 5 nitrogen and oxygen atoms in total. The molecule has 0 saturated heterocycles. The molecule has 0 heterocycles. The van der Waals surface area contributed by atoms with Crippen molar-refractivity contribution in [2.24, 2.45) is 11.7 Å². The van der Waals surface area contributed by atoms with Crippen LogP contribution in [0.4, 0.5) is 0 Å². The lowest BCUT2D eigenvalue weighted by Gasteiger charge is -2.20. The van der Waals surface area contributed by atoms with E-state index in [2.05, 4.69) is 0 Å². The molecule has 0 aromatic rings. The maximum Gasteiger partial charge on any atom is 0.222 e. The number of halogens is 1. The Morgan fingerprint density at radius 3 is 2.44 bits per heavy atom. The largest absolute Gasteiger partial charge is 0.345 e. The van der Waals surface area contributed by atoms with E-state index in [4.69, 9.17) is 5.73 Å². The van der Waals surface area contributed by atoms with E-state index in [0.29, 0.717) is 6.42 Å². The minimum atomic E-state index is -3.01. The molecule has 2 N–H and O–H groups in total. The fourth-order valence-corrected chi connectivity index (χ4v) is 2.73. The molecular weight excluding hydrogens is 276 g/mol. The van der Waals surface area contributed by atoms with E-state index in [1.165, 1.54) is 11.2 Å².